The van der Waals surface area contributed by atoms with Crippen molar-refractivity contribution in [3.8, 4) is 5.75 Å². The molecule has 2 aromatic rings. The van der Waals surface area contributed by atoms with Gasteiger partial charge in [-0.3, -0.25) is 4.79 Å². The van der Waals surface area contributed by atoms with E-state index >= 15 is 0 Å². The van der Waals surface area contributed by atoms with Crippen molar-refractivity contribution in [2.24, 2.45) is 5.92 Å². The Morgan fingerprint density at radius 3 is 2.14 bits per heavy atom. The Balaban J connectivity index is 2.34. The van der Waals surface area contributed by atoms with Crippen molar-refractivity contribution < 1.29 is 32.6 Å². The Morgan fingerprint density at radius 2 is 1.65 bits per heavy atom. The van der Waals surface area contributed by atoms with Crippen LogP contribution in [0.4, 0.5) is 4.79 Å². The summed E-state index contributed by atoms with van der Waals surface area (Å²) in [6.07, 6.45) is -1.07. The lowest BCUT2D eigenvalue weighted by molar-refractivity contribution is 0.0400. The van der Waals surface area contributed by atoms with Gasteiger partial charge < -0.3 is 19.9 Å². The highest BCUT2D eigenvalue weighted by Gasteiger charge is 2.32. The standard InChI is InChI=1S/C27H38N2O7S/c1-19(2)16-29(37(33,34)23-13-11-22(35-6)12-14-23)17-25(31)24(28-26(32)36-27(3,4)5)15-20-7-9-21(18-30)10-8-20/h7-14,18-19,24-25,31H,15-17H2,1-6H3,(H,28,32)/t24?,25-/m1/s1. The molecule has 0 aliphatic heterocycles. The number of aliphatic hydroxyl groups is 1. The van der Waals surface area contributed by atoms with Crippen LogP contribution in [0, 0.1) is 5.92 Å². The topological polar surface area (TPSA) is 122 Å². The molecule has 0 saturated heterocycles. The molecular weight excluding hydrogens is 496 g/mol. The second-order valence-electron chi connectivity index (χ2n) is 10.3. The van der Waals surface area contributed by atoms with E-state index in [9.17, 15) is 23.1 Å². The number of ether oxygens (including phenoxy) is 2. The molecule has 0 saturated carbocycles. The highest BCUT2D eigenvalue weighted by atomic mass is 32.2. The molecule has 0 spiro atoms. The van der Waals surface area contributed by atoms with Crippen LogP contribution < -0.4 is 10.1 Å². The van der Waals surface area contributed by atoms with Gasteiger partial charge in [0, 0.05) is 18.7 Å². The maximum atomic E-state index is 13.5. The van der Waals surface area contributed by atoms with Gasteiger partial charge in [0.15, 0.2) is 0 Å². The molecule has 0 aliphatic carbocycles. The Kier molecular flexibility index (Phi) is 10.7. The first-order chi connectivity index (χ1) is 17.2. The minimum atomic E-state index is -3.95. The molecule has 1 amide bonds. The van der Waals surface area contributed by atoms with E-state index in [-0.39, 0.29) is 30.3 Å². The van der Waals surface area contributed by atoms with E-state index in [1.54, 1.807) is 57.2 Å². The number of nitrogens with zero attached hydrogens (tertiary/aromatic N) is 1. The van der Waals surface area contributed by atoms with Crippen molar-refractivity contribution in [3.05, 3.63) is 59.7 Å². The van der Waals surface area contributed by atoms with Gasteiger partial charge in [-0.25, -0.2) is 13.2 Å². The fourth-order valence-corrected chi connectivity index (χ4v) is 5.26. The van der Waals surface area contributed by atoms with Gasteiger partial charge in [0.1, 0.15) is 17.6 Å². The van der Waals surface area contributed by atoms with Gasteiger partial charge in [-0.15, -0.1) is 0 Å². The van der Waals surface area contributed by atoms with Crippen molar-refractivity contribution >= 4 is 22.4 Å². The van der Waals surface area contributed by atoms with Crippen LogP contribution in [-0.2, 0) is 21.2 Å². The van der Waals surface area contributed by atoms with E-state index < -0.39 is 33.9 Å². The average Bonchev–Trinajstić information content (AvgIpc) is 2.82. The molecule has 0 aromatic heterocycles. The average molecular weight is 535 g/mol. The third-order valence-electron chi connectivity index (χ3n) is 5.39. The molecule has 2 aromatic carbocycles. The molecule has 2 atom stereocenters. The number of aliphatic hydroxyl groups excluding tert-OH is 1. The summed E-state index contributed by atoms with van der Waals surface area (Å²) < 4.78 is 38.7. The van der Waals surface area contributed by atoms with E-state index in [1.165, 1.54) is 23.5 Å². The van der Waals surface area contributed by atoms with Gasteiger partial charge in [0.25, 0.3) is 0 Å². The number of aldehydes is 1. The van der Waals surface area contributed by atoms with Gasteiger partial charge in [0.2, 0.25) is 10.0 Å². The number of carbonyl (C=O) groups is 2. The normalized spacial score (nSPS) is 13.8. The lowest BCUT2D eigenvalue weighted by Gasteiger charge is -2.31. The van der Waals surface area contributed by atoms with Crippen LogP contribution in [0.15, 0.2) is 53.4 Å². The van der Waals surface area contributed by atoms with Crippen molar-refractivity contribution in [2.75, 3.05) is 20.2 Å². The first-order valence-corrected chi connectivity index (χ1v) is 13.5. The molecule has 10 heteroatoms. The molecule has 9 nitrogen and oxygen atoms in total. The monoisotopic (exact) mass is 534 g/mol. The summed E-state index contributed by atoms with van der Waals surface area (Å²) >= 11 is 0. The largest absolute Gasteiger partial charge is 0.497 e. The molecule has 204 valence electrons. The highest BCUT2D eigenvalue weighted by Crippen LogP contribution is 2.22. The molecule has 0 radical (unpaired) electrons. The van der Waals surface area contributed by atoms with Crippen LogP contribution in [0.5, 0.6) is 5.75 Å². The molecule has 0 heterocycles. The van der Waals surface area contributed by atoms with Crippen LogP contribution in [0.1, 0.15) is 50.5 Å². The smallest absolute Gasteiger partial charge is 0.407 e. The third kappa shape index (κ3) is 9.46. The van der Waals surface area contributed by atoms with Crippen molar-refractivity contribution in [3.63, 3.8) is 0 Å². The number of amides is 1. The first-order valence-electron chi connectivity index (χ1n) is 12.1. The molecule has 0 bridgehead atoms. The maximum absolute atomic E-state index is 13.5. The summed E-state index contributed by atoms with van der Waals surface area (Å²) in [7, 11) is -2.46. The lowest BCUT2D eigenvalue weighted by Crippen LogP contribution is -2.51. The summed E-state index contributed by atoms with van der Waals surface area (Å²) in [5.74, 6) is 0.505. The molecule has 0 aliphatic rings. The number of hydrogen-bond donors (Lipinski definition) is 2. The molecule has 0 fully saturated rings. The third-order valence-corrected chi connectivity index (χ3v) is 7.24. The fraction of sp³-hybridized carbons (Fsp3) is 0.481. The Bertz CT molecular complexity index is 1120. The summed E-state index contributed by atoms with van der Waals surface area (Å²) in [6.45, 7) is 8.85. The van der Waals surface area contributed by atoms with E-state index in [0.29, 0.717) is 11.3 Å². The lowest BCUT2D eigenvalue weighted by atomic mass is 10.00. The highest BCUT2D eigenvalue weighted by molar-refractivity contribution is 7.89. The SMILES string of the molecule is COc1ccc(S(=O)(=O)N(CC(C)C)C[C@@H](O)C(Cc2ccc(C=O)cc2)NC(=O)OC(C)(C)C)cc1. The quantitative estimate of drug-likeness (QED) is 0.399. The predicted molar refractivity (Wildman–Crippen MR) is 141 cm³/mol. The number of carbonyl (C=O) groups excluding carboxylic acids is 2. The number of methoxy groups -OCH3 is 1. The van der Waals surface area contributed by atoms with E-state index in [0.717, 1.165) is 11.8 Å². The zero-order valence-corrected chi connectivity index (χ0v) is 23.1. The van der Waals surface area contributed by atoms with Crippen molar-refractivity contribution in [1.82, 2.24) is 9.62 Å². The van der Waals surface area contributed by atoms with Crippen LogP contribution >= 0.6 is 0 Å². The van der Waals surface area contributed by atoms with Gasteiger partial charge in [-0.2, -0.15) is 4.31 Å². The molecule has 2 rings (SSSR count). The van der Waals surface area contributed by atoms with Crippen LogP contribution in [-0.4, -0.2) is 68.2 Å². The van der Waals surface area contributed by atoms with Gasteiger partial charge in [-0.05, 0) is 62.9 Å². The molecule has 2 N–H and O–H groups in total. The van der Waals surface area contributed by atoms with Gasteiger partial charge in [0.05, 0.1) is 24.2 Å². The number of benzene rings is 2. The number of nitrogens with one attached hydrogen (secondary N) is 1. The van der Waals surface area contributed by atoms with E-state index in [2.05, 4.69) is 5.32 Å². The summed E-state index contributed by atoms with van der Waals surface area (Å²) in [4.78, 5) is 23.6. The number of hydrogen-bond acceptors (Lipinski definition) is 7. The number of sulfonamides is 1. The zero-order valence-electron chi connectivity index (χ0n) is 22.3. The fourth-order valence-electron chi connectivity index (χ4n) is 3.64. The first kappa shape index (κ1) is 30.3. The van der Waals surface area contributed by atoms with Crippen LogP contribution in [0.2, 0.25) is 0 Å². The minimum Gasteiger partial charge on any atom is -0.497 e. The van der Waals surface area contributed by atoms with Gasteiger partial charge in [-0.1, -0.05) is 38.1 Å². The Hall–Kier alpha value is -2.95. The van der Waals surface area contributed by atoms with Crippen molar-refractivity contribution in [2.45, 2.75) is 63.7 Å². The Morgan fingerprint density at radius 1 is 1.05 bits per heavy atom. The minimum absolute atomic E-state index is 0.0200. The predicted octanol–water partition coefficient (Wildman–Crippen LogP) is 3.65. The second kappa shape index (κ2) is 13.0. The van der Waals surface area contributed by atoms with Crippen molar-refractivity contribution in [1.29, 1.82) is 0 Å². The van der Waals surface area contributed by atoms with Crippen LogP contribution in [0.3, 0.4) is 0 Å². The molecule has 37 heavy (non-hydrogen) atoms. The van der Waals surface area contributed by atoms with E-state index in [1.807, 2.05) is 13.8 Å². The summed E-state index contributed by atoms with van der Waals surface area (Å²) in [6, 6.07) is 11.9. The Labute approximate surface area is 219 Å². The number of rotatable bonds is 12. The summed E-state index contributed by atoms with van der Waals surface area (Å²) in [5.41, 5.74) is 0.487. The van der Waals surface area contributed by atoms with E-state index in [4.69, 9.17) is 9.47 Å². The molecule has 1 unspecified atom stereocenters. The number of alkyl carbamates (subject to hydrolysis) is 1. The zero-order chi connectivity index (χ0) is 27.8. The van der Waals surface area contributed by atoms with Gasteiger partial charge >= 0.3 is 6.09 Å². The summed E-state index contributed by atoms with van der Waals surface area (Å²) in [5, 5.41) is 13.9. The molecular formula is C27H38N2O7S. The maximum Gasteiger partial charge on any atom is 0.407 e. The van der Waals surface area contributed by atoms with Crippen LogP contribution in [0.25, 0.3) is 0 Å². The second-order valence-corrected chi connectivity index (χ2v) is 12.2.